The summed E-state index contributed by atoms with van der Waals surface area (Å²) in [6.45, 7) is 1.54. The Hall–Kier alpha value is -3.42. The zero-order valence-corrected chi connectivity index (χ0v) is 15.4. The molecule has 1 aromatic heterocycles. The molecular formula is C20H22N4O4. The Morgan fingerprint density at radius 3 is 2.11 bits per heavy atom. The second-order valence-corrected chi connectivity index (χ2v) is 6.60. The van der Waals surface area contributed by atoms with Gasteiger partial charge in [-0.15, -0.1) is 0 Å². The van der Waals surface area contributed by atoms with E-state index in [4.69, 9.17) is 5.11 Å². The van der Waals surface area contributed by atoms with Crippen LogP contribution in [0.3, 0.4) is 0 Å². The van der Waals surface area contributed by atoms with E-state index in [9.17, 15) is 14.4 Å². The lowest BCUT2D eigenvalue weighted by atomic mass is 10.2. The molecule has 1 aliphatic heterocycles. The van der Waals surface area contributed by atoms with Crippen LogP contribution in [0.5, 0.6) is 0 Å². The summed E-state index contributed by atoms with van der Waals surface area (Å²) in [5.74, 6) is -1.63. The summed E-state index contributed by atoms with van der Waals surface area (Å²) in [7, 11) is 0. The van der Waals surface area contributed by atoms with Gasteiger partial charge in [0, 0.05) is 36.2 Å². The van der Waals surface area contributed by atoms with E-state index in [1.54, 1.807) is 24.3 Å². The van der Waals surface area contributed by atoms with Gasteiger partial charge < -0.3 is 20.6 Å². The Morgan fingerprint density at radius 2 is 1.50 bits per heavy atom. The maximum absolute atomic E-state index is 12.3. The molecule has 1 aliphatic rings. The van der Waals surface area contributed by atoms with Crippen LogP contribution >= 0.6 is 0 Å². The molecule has 146 valence electrons. The molecule has 3 amide bonds. The van der Waals surface area contributed by atoms with Crippen molar-refractivity contribution in [2.45, 2.75) is 25.7 Å². The Bertz CT molecular complexity index is 859. The number of carboxylic acid groups (broad SMARTS) is 1. The normalized spacial score (nSPS) is 14.1. The number of carbonyl (C=O) groups excluding carboxylic acids is 2. The Labute approximate surface area is 162 Å². The summed E-state index contributed by atoms with van der Waals surface area (Å²) >= 11 is 0. The number of benzene rings is 1. The van der Waals surface area contributed by atoms with Crippen molar-refractivity contribution in [2.24, 2.45) is 0 Å². The third kappa shape index (κ3) is 5.06. The van der Waals surface area contributed by atoms with Crippen LogP contribution < -0.4 is 10.6 Å². The largest absolute Gasteiger partial charge is 0.477 e. The van der Waals surface area contributed by atoms with Crippen molar-refractivity contribution in [1.29, 1.82) is 0 Å². The zero-order valence-electron chi connectivity index (χ0n) is 15.4. The zero-order chi connectivity index (χ0) is 19.9. The van der Waals surface area contributed by atoms with Crippen LogP contribution in [0.2, 0.25) is 0 Å². The monoisotopic (exact) mass is 382 g/mol. The van der Waals surface area contributed by atoms with Crippen molar-refractivity contribution < 1.29 is 19.5 Å². The fraction of sp³-hybridized carbons (Fsp3) is 0.300. The van der Waals surface area contributed by atoms with Gasteiger partial charge in [0.2, 0.25) is 0 Å². The molecule has 8 nitrogen and oxygen atoms in total. The molecule has 3 N–H and O–H groups in total. The van der Waals surface area contributed by atoms with Gasteiger partial charge in [0.1, 0.15) is 5.69 Å². The van der Waals surface area contributed by atoms with E-state index in [1.807, 2.05) is 4.90 Å². The highest BCUT2D eigenvalue weighted by atomic mass is 16.4. The lowest BCUT2D eigenvalue weighted by Crippen LogP contribution is -2.35. The van der Waals surface area contributed by atoms with Crippen molar-refractivity contribution >= 4 is 29.3 Å². The highest BCUT2D eigenvalue weighted by molar-refractivity contribution is 6.05. The minimum atomic E-state index is -1.20. The summed E-state index contributed by atoms with van der Waals surface area (Å²) in [6, 6.07) is 9.31. The van der Waals surface area contributed by atoms with Gasteiger partial charge in [-0.25, -0.2) is 14.6 Å². The minimum absolute atomic E-state index is 0.114. The van der Waals surface area contributed by atoms with Crippen molar-refractivity contribution in [3.05, 3.63) is 53.9 Å². The molecule has 0 bridgehead atoms. The van der Waals surface area contributed by atoms with Crippen molar-refractivity contribution in [3.8, 4) is 0 Å². The molecule has 28 heavy (non-hydrogen) atoms. The first-order valence-electron chi connectivity index (χ1n) is 9.19. The first kappa shape index (κ1) is 19.3. The Morgan fingerprint density at radius 1 is 0.893 bits per heavy atom. The molecule has 0 saturated carbocycles. The van der Waals surface area contributed by atoms with Crippen LogP contribution in [0.25, 0.3) is 0 Å². The number of rotatable bonds is 4. The molecule has 0 radical (unpaired) electrons. The number of nitrogens with one attached hydrogen (secondary N) is 2. The topological polar surface area (TPSA) is 112 Å². The average Bonchev–Trinajstić information content (AvgIpc) is 2.99. The molecule has 2 heterocycles. The molecule has 0 unspecified atom stereocenters. The van der Waals surface area contributed by atoms with Gasteiger partial charge in [0.05, 0.1) is 0 Å². The molecule has 1 aromatic carbocycles. The number of nitrogens with zero attached hydrogens (tertiary/aromatic N) is 2. The number of anilines is 2. The second-order valence-electron chi connectivity index (χ2n) is 6.60. The number of carboxylic acids is 1. The molecule has 1 saturated heterocycles. The number of aromatic carboxylic acids is 1. The van der Waals surface area contributed by atoms with E-state index in [-0.39, 0.29) is 17.3 Å². The standard InChI is InChI=1S/C20H22N4O4/c25-18(14-9-10-21-17(13-14)19(26)27)22-15-5-7-16(8-6-15)23-20(28)24-11-3-1-2-4-12-24/h5-10,13H,1-4,11-12H2,(H,22,25)(H,23,28)(H,26,27). The van der Waals surface area contributed by atoms with Crippen molar-refractivity contribution in [1.82, 2.24) is 9.88 Å². The number of hydrogen-bond acceptors (Lipinski definition) is 4. The summed E-state index contributed by atoms with van der Waals surface area (Å²) in [6.07, 6.45) is 5.64. The molecule has 2 aromatic rings. The molecule has 8 heteroatoms. The second kappa shape index (κ2) is 8.98. The predicted molar refractivity (Wildman–Crippen MR) is 105 cm³/mol. The van der Waals surface area contributed by atoms with Crippen LogP contribution in [-0.2, 0) is 0 Å². The van der Waals surface area contributed by atoms with E-state index in [0.717, 1.165) is 38.8 Å². The van der Waals surface area contributed by atoms with Gasteiger partial charge in [-0.05, 0) is 49.2 Å². The minimum Gasteiger partial charge on any atom is -0.477 e. The molecule has 3 rings (SSSR count). The van der Waals surface area contributed by atoms with Crippen LogP contribution in [0.4, 0.5) is 16.2 Å². The van der Waals surface area contributed by atoms with Gasteiger partial charge in [-0.1, -0.05) is 12.8 Å². The highest BCUT2D eigenvalue weighted by Gasteiger charge is 2.15. The highest BCUT2D eigenvalue weighted by Crippen LogP contribution is 2.17. The number of likely N-dealkylation sites (tertiary alicyclic amines) is 1. The number of amides is 3. The lowest BCUT2D eigenvalue weighted by Gasteiger charge is -2.20. The summed E-state index contributed by atoms with van der Waals surface area (Å²) < 4.78 is 0. The predicted octanol–water partition coefficient (Wildman–Crippen LogP) is 3.44. The SMILES string of the molecule is O=C(Nc1ccc(NC(=O)N2CCCCCC2)cc1)c1ccnc(C(=O)O)c1. The van der Waals surface area contributed by atoms with Crippen molar-refractivity contribution in [2.75, 3.05) is 23.7 Å². The fourth-order valence-electron chi connectivity index (χ4n) is 3.01. The summed E-state index contributed by atoms with van der Waals surface area (Å²) in [4.78, 5) is 41.1. The number of pyridine rings is 1. The molecular weight excluding hydrogens is 360 g/mol. The fourth-order valence-corrected chi connectivity index (χ4v) is 3.01. The maximum Gasteiger partial charge on any atom is 0.354 e. The van der Waals surface area contributed by atoms with Gasteiger partial charge in [-0.3, -0.25) is 4.79 Å². The number of hydrogen-bond donors (Lipinski definition) is 3. The van der Waals surface area contributed by atoms with Gasteiger partial charge in [0.15, 0.2) is 0 Å². The van der Waals surface area contributed by atoms with Crippen LogP contribution in [0, 0.1) is 0 Å². The van der Waals surface area contributed by atoms with E-state index in [0.29, 0.717) is 11.4 Å². The van der Waals surface area contributed by atoms with E-state index in [1.165, 1.54) is 18.3 Å². The lowest BCUT2D eigenvalue weighted by molar-refractivity contribution is 0.0690. The quantitative estimate of drug-likeness (QED) is 0.750. The van der Waals surface area contributed by atoms with E-state index < -0.39 is 11.9 Å². The first-order valence-corrected chi connectivity index (χ1v) is 9.19. The average molecular weight is 382 g/mol. The van der Waals surface area contributed by atoms with Gasteiger partial charge in [-0.2, -0.15) is 0 Å². The molecule has 1 fully saturated rings. The number of urea groups is 1. The number of aromatic nitrogens is 1. The maximum atomic E-state index is 12.3. The smallest absolute Gasteiger partial charge is 0.354 e. The van der Waals surface area contributed by atoms with Crippen molar-refractivity contribution in [3.63, 3.8) is 0 Å². The molecule has 0 aliphatic carbocycles. The third-order valence-corrected chi connectivity index (χ3v) is 4.53. The van der Waals surface area contributed by atoms with Crippen LogP contribution in [-0.4, -0.2) is 46.0 Å². The molecule has 0 spiro atoms. The van der Waals surface area contributed by atoms with E-state index >= 15 is 0 Å². The summed E-state index contributed by atoms with van der Waals surface area (Å²) in [5.41, 5.74) is 1.18. The third-order valence-electron chi connectivity index (χ3n) is 4.53. The first-order chi connectivity index (χ1) is 13.5. The van der Waals surface area contributed by atoms with Crippen LogP contribution in [0.1, 0.15) is 46.5 Å². The van der Waals surface area contributed by atoms with Crippen LogP contribution in [0.15, 0.2) is 42.6 Å². The Balaban J connectivity index is 1.59. The van der Waals surface area contributed by atoms with Gasteiger partial charge >= 0.3 is 12.0 Å². The van der Waals surface area contributed by atoms with E-state index in [2.05, 4.69) is 15.6 Å². The molecule has 0 atom stereocenters. The summed E-state index contributed by atoms with van der Waals surface area (Å²) in [5, 5.41) is 14.5. The Kier molecular flexibility index (Phi) is 6.21. The van der Waals surface area contributed by atoms with Gasteiger partial charge in [0.25, 0.3) is 5.91 Å². The number of carbonyl (C=O) groups is 3.